The molecule has 0 bridgehead atoms. The Hall–Kier alpha value is -4.25. The van der Waals surface area contributed by atoms with Crippen LogP contribution >= 0.6 is 0 Å². The third-order valence-electron chi connectivity index (χ3n) is 6.87. The number of Topliss-reactive ketones (excluding diaryl/α,β-unsaturated/α-hetero) is 2. The molecule has 0 aromatic rings. The molecule has 0 radical (unpaired) electrons. The third kappa shape index (κ3) is 3.51. The highest BCUT2D eigenvalue weighted by Gasteiger charge is 2.43. The lowest BCUT2D eigenvalue weighted by atomic mass is 9.76. The molecular weight excluding hydrogens is 440 g/mol. The van der Waals surface area contributed by atoms with E-state index in [-0.39, 0.29) is 41.7 Å². The smallest absolute Gasteiger partial charge is 0.303 e. The molecule has 0 amide bonds. The Morgan fingerprint density at radius 2 is 1.71 bits per heavy atom. The number of carbonyl (C=O) groups excluding carboxylic acids is 2. The number of carboxylic acid groups (broad SMARTS) is 1. The lowest BCUT2D eigenvalue weighted by Gasteiger charge is -2.26. The van der Waals surface area contributed by atoms with Gasteiger partial charge in [0, 0.05) is 23.5 Å². The van der Waals surface area contributed by atoms with Crippen molar-refractivity contribution in [1.29, 1.82) is 0 Å². The molecule has 0 saturated carbocycles. The maximum Gasteiger partial charge on any atom is 0.303 e. The third-order valence-corrected chi connectivity index (χ3v) is 6.87. The largest absolute Gasteiger partial charge is 0.506 e. The molecule has 0 fully saturated rings. The lowest BCUT2D eigenvalue weighted by Crippen LogP contribution is -2.24. The van der Waals surface area contributed by atoms with Gasteiger partial charge in [0.1, 0.15) is 5.76 Å². The van der Waals surface area contributed by atoms with E-state index in [4.69, 9.17) is 5.11 Å². The number of ketones is 2. The average Bonchev–Trinajstić information content (AvgIpc) is 3.06. The van der Waals surface area contributed by atoms with Crippen LogP contribution in [0.25, 0.3) is 16.7 Å². The zero-order valence-corrected chi connectivity index (χ0v) is 19.5. The molecule has 35 heavy (non-hydrogen) atoms. The zero-order chi connectivity index (χ0) is 24.9. The first-order valence-corrected chi connectivity index (χ1v) is 11.6. The van der Waals surface area contributed by atoms with Gasteiger partial charge in [-0.05, 0) is 40.3 Å². The molecular formula is C30H24O5. The van der Waals surface area contributed by atoms with Crippen molar-refractivity contribution >= 4 is 23.1 Å². The minimum atomic E-state index is -1.04. The predicted molar refractivity (Wildman–Crippen MR) is 134 cm³/mol. The standard InChI is InChI=1S/C30H24O5/c1-16-15-18-9-5-3-6-10-19(18)24(16)27-29(34)28(30(27)35)26-17(2)25(22(31)13-14-23(32)33)20-11-7-4-8-12-21(20)26/h3-12,15-16,34H,13-14H2,1-2H3,(H,32,33). The van der Waals surface area contributed by atoms with Crippen molar-refractivity contribution < 1.29 is 24.6 Å². The summed E-state index contributed by atoms with van der Waals surface area (Å²) in [4.78, 5) is 37.7. The number of aliphatic hydroxyl groups excluding tert-OH is 1. The lowest BCUT2D eigenvalue weighted by molar-refractivity contribution is -0.137. The van der Waals surface area contributed by atoms with E-state index in [0.717, 1.165) is 16.7 Å². The second kappa shape index (κ2) is 8.51. The van der Waals surface area contributed by atoms with E-state index in [9.17, 15) is 19.5 Å². The van der Waals surface area contributed by atoms with E-state index >= 15 is 0 Å². The van der Waals surface area contributed by atoms with Gasteiger partial charge in [0.15, 0.2) is 5.78 Å². The van der Waals surface area contributed by atoms with Crippen molar-refractivity contribution in [2.75, 3.05) is 0 Å². The number of aliphatic carboxylic acids is 1. The summed E-state index contributed by atoms with van der Waals surface area (Å²) in [7, 11) is 0. The molecule has 5 rings (SSSR count). The van der Waals surface area contributed by atoms with Crippen molar-refractivity contribution in [2.45, 2.75) is 26.7 Å². The van der Waals surface area contributed by atoms with Gasteiger partial charge in [-0.15, -0.1) is 0 Å². The maximum atomic E-state index is 13.6. The first-order valence-electron chi connectivity index (χ1n) is 11.6. The Morgan fingerprint density at radius 1 is 0.971 bits per heavy atom. The Labute approximate surface area is 203 Å². The van der Waals surface area contributed by atoms with Gasteiger partial charge in [-0.3, -0.25) is 14.4 Å². The van der Waals surface area contributed by atoms with Crippen LogP contribution in [0.1, 0.15) is 41.3 Å². The molecule has 0 spiro atoms. The number of rotatable bonds is 5. The summed E-state index contributed by atoms with van der Waals surface area (Å²) in [5, 5.41) is 20.3. The fraction of sp³-hybridized carbons (Fsp3) is 0.167. The molecule has 174 valence electrons. The van der Waals surface area contributed by atoms with E-state index in [1.54, 1.807) is 19.1 Å². The van der Waals surface area contributed by atoms with Crippen LogP contribution in [-0.2, 0) is 9.59 Å². The number of allylic oxidation sites excluding steroid dienone is 11. The molecule has 0 heterocycles. The summed E-state index contributed by atoms with van der Waals surface area (Å²) in [6, 6.07) is 9.07. The normalized spacial score (nSPS) is 21.0. The predicted octanol–water partition coefficient (Wildman–Crippen LogP) is 5.92. The Bertz CT molecular complexity index is 1470. The molecule has 5 heteroatoms. The molecule has 5 aliphatic rings. The minimum Gasteiger partial charge on any atom is -0.506 e. The molecule has 0 aromatic heterocycles. The highest BCUT2D eigenvalue weighted by Crippen LogP contribution is 2.50. The first kappa shape index (κ1) is 22.5. The molecule has 0 aliphatic heterocycles. The molecule has 5 aliphatic carbocycles. The van der Waals surface area contributed by atoms with Crippen molar-refractivity contribution in [1.82, 2.24) is 0 Å². The van der Waals surface area contributed by atoms with E-state index in [2.05, 4.69) is 6.08 Å². The highest BCUT2D eigenvalue weighted by atomic mass is 16.4. The summed E-state index contributed by atoms with van der Waals surface area (Å²) in [5.41, 5.74) is 6.13. The molecule has 0 aromatic carbocycles. The average molecular weight is 465 g/mol. The van der Waals surface area contributed by atoms with E-state index in [0.29, 0.717) is 33.4 Å². The summed E-state index contributed by atoms with van der Waals surface area (Å²) < 4.78 is 0. The van der Waals surface area contributed by atoms with Gasteiger partial charge in [0.05, 0.1) is 17.6 Å². The van der Waals surface area contributed by atoms with Crippen molar-refractivity contribution in [2.24, 2.45) is 5.92 Å². The van der Waals surface area contributed by atoms with Gasteiger partial charge in [0.2, 0.25) is 5.78 Å². The monoisotopic (exact) mass is 464 g/mol. The first-order chi connectivity index (χ1) is 16.8. The molecule has 2 N–H and O–H groups in total. The molecule has 1 atom stereocenters. The quantitative estimate of drug-likeness (QED) is 0.423. The van der Waals surface area contributed by atoms with Crippen LogP contribution in [0.15, 0.2) is 94.8 Å². The van der Waals surface area contributed by atoms with Crippen LogP contribution in [0.4, 0.5) is 0 Å². The Balaban J connectivity index is 1.67. The number of hydrogen-bond donors (Lipinski definition) is 2. The zero-order valence-electron chi connectivity index (χ0n) is 19.5. The molecule has 0 saturated heterocycles. The van der Waals surface area contributed by atoms with Crippen LogP contribution in [0.3, 0.4) is 0 Å². The van der Waals surface area contributed by atoms with Crippen LogP contribution in [-0.4, -0.2) is 27.7 Å². The van der Waals surface area contributed by atoms with Gasteiger partial charge < -0.3 is 10.2 Å². The second-order valence-electron chi connectivity index (χ2n) is 9.01. The number of carboxylic acids is 1. The van der Waals surface area contributed by atoms with Crippen molar-refractivity contribution in [3.8, 4) is 11.1 Å². The van der Waals surface area contributed by atoms with Crippen LogP contribution in [0, 0.1) is 12.8 Å². The maximum absolute atomic E-state index is 13.6. The number of fused-ring (bicyclic) bond motifs is 2. The van der Waals surface area contributed by atoms with E-state index < -0.39 is 5.97 Å². The van der Waals surface area contributed by atoms with E-state index in [1.165, 1.54) is 0 Å². The highest BCUT2D eigenvalue weighted by molar-refractivity contribution is 6.41. The number of aliphatic hydroxyl groups is 1. The van der Waals surface area contributed by atoms with Crippen molar-refractivity contribution in [3.05, 3.63) is 112 Å². The summed E-state index contributed by atoms with van der Waals surface area (Å²) in [6.07, 6.45) is 11.4. The van der Waals surface area contributed by atoms with Gasteiger partial charge in [-0.2, -0.15) is 0 Å². The van der Waals surface area contributed by atoms with Gasteiger partial charge in [-0.1, -0.05) is 73.7 Å². The van der Waals surface area contributed by atoms with Gasteiger partial charge in [0.25, 0.3) is 0 Å². The van der Waals surface area contributed by atoms with Gasteiger partial charge in [-0.25, -0.2) is 0 Å². The van der Waals surface area contributed by atoms with Crippen LogP contribution in [0.5, 0.6) is 0 Å². The summed E-state index contributed by atoms with van der Waals surface area (Å²) in [6.45, 7) is 3.76. The number of carbonyl (C=O) groups is 3. The topological polar surface area (TPSA) is 91.7 Å². The Morgan fingerprint density at radius 3 is 2.43 bits per heavy atom. The van der Waals surface area contributed by atoms with Gasteiger partial charge >= 0.3 is 5.97 Å². The SMILES string of the molecule is Cc1c(C(=O)CCC(=O)O)c2cccccc-2c1C1=C(O)C(=C2C3=CC=CC=CC3=CC2C)C1=O. The minimum absolute atomic E-state index is 0.0292. The van der Waals surface area contributed by atoms with Crippen molar-refractivity contribution in [3.63, 3.8) is 0 Å². The summed E-state index contributed by atoms with van der Waals surface area (Å²) >= 11 is 0. The number of hydrogen-bond acceptors (Lipinski definition) is 4. The van der Waals surface area contributed by atoms with Crippen LogP contribution < -0.4 is 0 Å². The fourth-order valence-electron chi connectivity index (χ4n) is 5.34. The molecule has 5 nitrogen and oxygen atoms in total. The van der Waals surface area contributed by atoms with Crippen LogP contribution in [0.2, 0.25) is 0 Å². The summed E-state index contributed by atoms with van der Waals surface area (Å²) in [5.74, 6) is -1.67. The molecule has 1 unspecified atom stereocenters. The Kier molecular flexibility index (Phi) is 5.48. The van der Waals surface area contributed by atoms with E-state index in [1.807, 2.05) is 55.5 Å². The second-order valence-corrected chi connectivity index (χ2v) is 9.01. The fourth-order valence-corrected chi connectivity index (χ4v) is 5.34.